The number of hydrogen-bond acceptors (Lipinski definition) is 3. The molecular weight excluding hydrogens is 152 g/mol. The molecular formula is C9H16N2O. The first-order valence-corrected chi connectivity index (χ1v) is 4.33. The monoisotopic (exact) mass is 168 g/mol. The van der Waals surface area contributed by atoms with Gasteiger partial charge in [-0.25, -0.2) is 0 Å². The van der Waals surface area contributed by atoms with Crippen molar-refractivity contribution in [3.63, 3.8) is 0 Å². The Morgan fingerprint density at radius 2 is 2.33 bits per heavy atom. The lowest BCUT2D eigenvalue weighted by molar-refractivity contribution is 0.404. The van der Waals surface area contributed by atoms with Crippen LogP contribution in [0.3, 0.4) is 0 Å². The molecule has 0 aromatic carbocycles. The highest BCUT2D eigenvalue weighted by atomic mass is 16.5. The third-order valence-electron chi connectivity index (χ3n) is 1.74. The molecule has 0 bridgehead atoms. The van der Waals surface area contributed by atoms with Gasteiger partial charge in [0.25, 0.3) is 0 Å². The molecule has 3 nitrogen and oxygen atoms in total. The van der Waals surface area contributed by atoms with Gasteiger partial charge in [0.1, 0.15) is 6.26 Å². The highest BCUT2D eigenvalue weighted by Gasteiger charge is 2.07. The van der Waals surface area contributed by atoms with E-state index in [0.29, 0.717) is 5.92 Å². The molecule has 0 aliphatic carbocycles. The van der Waals surface area contributed by atoms with E-state index in [1.54, 1.807) is 6.26 Å². The first kappa shape index (κ1) is 9.26. The van der Waals surface area contributed by atoms with Crippen LogP contribution in [0, 0.1) is 5.92 Å². The zero-order valence-electron chi connectivity index (χ0n) is 7.66. The largest absolute Gasteiger partial charge is 0.365 e. The number of rotatable bonds is 4. The van der Waals surface area contributed by atoms with Gasteiger partial charge in [0.2, 0.25) is 0 Å². The second kappa shape index (κ2) is 4.26. The predicted molar refractivity (Wildman–Crippen MR) is 47.6 cm³/mol. The van der Waals surface area contributed by atoms with Crippen molar-refractivity contribution in [3.05, 3.63) is 18.0 Å². The molecule has 68 valence electrons. The average molecular weight is 168 g/mol. The quantitative estimate of drug-likeness (QED) is 0.742. The average Bonchev–Trinajstić information content (AvgIpc) is 2.37. The summed E-state index contributed by atoms with van der Waals surface area (Å²) in [5, 5.41) is 3.81. The molecule has 0 saturated carbocycles. The maximum atomic E-state index is 5.88. The number of nitrogens with zero attached hydrogens (tertiary/aromatic N) is 1. The SMILES string of the molecule is CC(C)CC(N)Cc1ccon1. The van der Waals surface area contributed by atoms with Crippen LogP contribution in [0.25, 0.3) is 0 Å². The molecule has 1 unspecified atom stereocenters. The third-order valence-corrected chi connectivity index (χ3v) is 1.74. The van der Waals surface area contributed by atoms with Gasteiger partial charge in [-0.1, -0.05) is 19.0 Å². The summed E-state index contributed by atoms with van der Waals surface area (Å²) in [6.45, 7) is 4.34. The van der Waals surface area contributed by atoms with Crippen molar-refractivity contribution in [2.24, 2.45) is 11.7 Å². The van der Waals surface area contributed by atoms with Crippen LogP contribution in [0.2, 0.25) is 0 Å². The Balaban J connectivity index is 2.32. The van der Waals surface area contributed by atoms with E-state index >= 15 is 0 Å². The van der Waals surface area contributed by atoms with Gasteiger partial charge >= 0.3 is 0 Å². The summed E-state index contributed by atoms with van der Waals surface area (Å²) in [6.07, 6.45) is 3.43. The first-order valence-electron chi connectivity index (χ1n) is 4.33. The van der Waals surface area contributed by atoms with Gasteiger partial charge in [-0.05, 0) is 12.3 Å². The molecule has 3 heteroatoms. The standard InChI is InChI=1S/C9H16N2O/c1-7(2)5-8(10)6-9-3-4-12-11-9/h3-4,7-8H,5-6,10H2,1-2H3. The molecule has 1 aromatic heterocycles. The maximum Gasteiger partial charge on any atom is 0.124 e. The highest BCUT2D eigenvalue weighted by Crippen LogP contribution is 2.07. The molecule has 1 heterocycles. The number of aromatic nitrogens is 1. The second-order valence-electron chi connectivity index (χ2n) is 3.58. The lowest BCUT2D eigenvalue weighted by atomic mass is 10.0. The van der Waals surface area contributed by atoms with E-state index in [9.17, 15) is 0 Å². The lowest BCUT2D eigenvalue weighted by Gasteiger charge is -2.11. The summed E-state index contributed by atoms with van der Waals surface area (Å²) in [7, 11) is 0. The fourth-order valence-electron chi connectivity index (χ4n) is 1.30. The maximum absolute atomic E-state index is 5.88. The van der Waals surface area contributed by atoms with E-state index in [-0.39, 0.29) is 6.04 Å². The van der Waals surface area contributed by atoms with Crippen LogP contribution in [0.15, 0.2) is 16.9 Å². The molecule has 1 aromatic rings. The molecule has 0 saturated heterocycles. The van der Waals surface area contributed by atoms with E-state index in [0.717, 1.165) is 18.5 Å². The molecule has 0 spiro atoms. The minimum atomic E-state index is 0.204. The van der Waals surface area contributed by atoms with E-state index in [4.69, 9.17) is 10.3 Å². The Morgan fingerprint density at radius 1 is 1.58 bits per heavy atom. The molecule has 0 radical (unpaired) electrons. The van der Waals surface area contributed by atoms with Crippen molar-refractivity contribution >= 4 is 0 Å². The molecule has 0 amide bonds. The Kier molecular flexibility index (Phi) is 3.29. The van der Waals surface area contributed by atoms with Gasteiger partial charge in [-0.2, -0.15) is 0 Å². The minimum Gasteiger partial charge on any atom is -0.365 e. The van der Waals surface area contributed by atoms with Crippen LogP contribution >= 0.6 is 0 Å². The zero-order valence-corrected chi connectivity index (χ0v) is 7.66. The topological polar surface area (TPSA) is 52.0 Å². The zero-order chi connectivity index (χ0) is 8.97. The summed E-state index contributed by atoms with van der Waals surface area (Å²) in [5.41, 5.74) is 6.83. The van der Waals surface area contributed by atoms with Crippen LogP contribution < -0.4 is 5.73 Å². The van der Waals surface area contributed by atoms with Crippen LogP contribution in [0.5, 0.6) is 0 Å². The van der Waals surface area contributed by atoms with Crippen molar-refractivity contribution in [1.29, 1.82) is 0 Å². The van der Waals surface area contributed by atoms with Gasteiger partial charge in [0.05, 0.1) is 5.69 Å². The first-order chi connectivity index (χ1) is 5.68. The van der Waals surface area contributed by atoms with Crippen molar-refractivity contribution in [3.8, 4) is 0 Å². The Hall–Kier alpha value is -0.830. The second-order valence-corrected chi connectivity index (χ2v) is 3.58. The molecule has 12 heavy (non-hydrogen) atoms. The lowest BCUT2D eigenvalue weighted by Crippen LogP contribution is -2.24. The molecule has 0 aliphatic rings. The summed E-state index contributed by atoms with van der Waals surface area (Å²) in [4.78, 5) is 0. The molecule has 0 aliphatic heterocycles. The van der Waals surface area contributed by atoms with E-state index in [2.05, 4.69) is 19.0 Å². The van der Waals surface area contributed by atoms with Crippen LogP contribution in [-0.2, 0) is 6.42 Å². The van der Waals surface area contributed by atoms with Crippen molar-refractivity contribution in [2.45, 2.75) is 32.7 Å². The summed E-state index contributed by atoms with van der Waals surface area (Å²) in [5.74, 6) is 0.645. The van der Waals surface area contributed by atoms with Gasteiger partial charge in [-0.3, -0.25) is 0 Å². The van der Waals surface area contributed by atoms with E-state index in [1.807, 2.05) is 6.07 Å². The fourth-order valence-corrected chi connectivity index (χ4v) is 1.30. The van der Waals surface area contributed by atoms with E-state index < -0.39 is 0 Å². The Labute approximate surface area is 72.9 Å². The van der Waals surface area contributed by atoms with E-state index in [1.165, 1.54) is 0 Å². The van der Waals surface area contributed by atoms with Crippen molar-refractivity contribution in [2.75, 3.05) is 0 Å². The smallest absolute Gasteiger partial charge is 0.124 e. The van der Waals surface area contributed by atoms with Gasteiger partial charge in [0.15, 0.2) is 0 Å². The number of hydrogen-bond donors (Lipinski definition) is 1. The van der Waals surface area contributed by atoms with Gasteiger partial charge in [0, 0.05) is 18.5 Å². The fraction of sp³-hybridized carbons (Fsp3) is 0.667. The summed E-state index contributed by atoms with van der Waals surface area (Å²) >= 11 is 0. The third kappa shape index (κ3) is 3.05. The molecule has 1 atom stereocenters. The van der Waals surface area contributed by atoms with Crippen LogP contribution in [0.4, 0.5) is 0 Å². The van der Waals surface area contributed by atoms with Crippen molar-refractivity contribution < 1.29 is 4.52 Å². The predicted octanol–water partition coefficient (Wildman–Crippen LogP) is 1.59. The molecule has 0 fully saturated rings. The highest BCUT2D eigenvalue weighted by molar-refractivity contribution is 4.97. The summed E-state index contributed by atoms with van der Waals surface area (Å²) in [6, 6.07) is 2.07. The Bertz CT molecular complexity index is 206. The summed E-state index contributed by atoms with van der Waals surface area (Å²) < 4.78 is 4.71. The molecule has 2 N–H and O–H groups in total. The normalized spacial score (nSPS) is 13.7. The van der Waals surface area contributed by atoms with Crippen LogP contribution in [0.1, 0.15) is 26.0 Å². The van der Waals surface area contributed by atoms with Crippen molar-refractivity contribution in [1.82, 2.24) is 5.16 Å². The van der Waals surface area contributed by atoms with Gasteiger partial charge < -0.3 is 10.3 Å². The molecule has 1 rings (SSSR count). The van der Waals surface area contributed by atoms with Gasteiger partial charge in [-0.15, -0.1) is 0 Å². The Morgan fingerprint density at radius 3 is 2.83 bits per heavy atom. The van der Waals surface area contributed by atoms with Crippen LogP contribution in [-0.4, -0.2) is 11.2 Å². The minimum absolute atomic E-state index is 0.204. The number of nitrogens with two attached hydrogens (primary N) is 1.